The summed E-state index contributed by atoms with van der Waals surface area (Å²) in [6.07, 6.45) is 1.34. The summed E-state index contributed by atoms with van der Waals surface area (Å²) in [4.78, 5) is 23.1. The summed E-state index contributed by atoms with van der Waals surface area (Å²) in [6, 6.07) is -0.581. The molecule has 1 unspecified atom stereocenters. The van der Waals surface area contributed by atoms with Crippen LogP contribution in [0.3, 0.4) is 0 Å². The fraction of sp³-hybridized carbons (Fsp3) is 0.615. The van der Waals surface area contributed by atoms with E-state index in [0.717, 1.165) is 17.0 Å². The normalized spacial score (nSPS) is 12.0. The van der Waals surface area contributed by atoms with Crippen molar-refractivity contribution < 1.29 is 18.8 Å². The number of carbonyl (C=O) groups excluding carboxylic acids is 2. The molecule has 0 spiro atoms. The third-order valence-corrected chi connectivity index (χ3v) is 3.01. The Kier molecular flexibility index (Phi) is 5.54. The van der Waals surface area contributed by atoms with Crippen molar-refractivity contribution in [3.05, 3.63) is 17.0 Å². The highest BCUT2D eigenvalue weighted by Gasteiger charge is 2.19. The number of nitrogens with zero attached hydrogens (tertiary/aromatic N) is 1. The molecule has 0 radical (unpaired) electrons. The quantitative estimate of drug-likeness (QED) is 0.786. The molecule has 0 fully saturated rings. The van der Waals surface area contributed by atoms with Crippen LogP contribution in [0.2, 0.25) is 0 Å². The molecule has 19 heavy (non-hydrogen) atoms. The van der Waals surface area contributed by atoms with Crippen LogP contribution in [-0.2, 0) is 20.7 Å². The van der Waals surface area contributed by atoms with E-state index in [9.17, 15) is 9.59 Å². The van der Waals surface area contributed by atoms with Crippen LogP contribution in [0.4, 0.5) is 0 Å². The number of rotatable bonds is 6. The number of hydrogen-bond acceptors (Lipinski definition) is 5. The maximum absolute atomic E-state index is 11.8. The third kappa shape index (κ3) is 4.08. The largest absolute Gasteiger partial charge is 0.467 e. The molecule has 1 heterocycles. The molecule has 1 N–H and O–H groups in total. The Labute approximate surface area is 112 Å². The molecule has 6 heteroatoms. The van der Waals surface area contributed by atoms with Gasteiger partial charge in [0.2, 0.25) is 5.91 Å². The van der Waals surface area contributed by atoms with Gasteiger partial charge < -0.3 is 14.6 Å². The lowest BCUT2D eigenvalue weighted by Gasteiger charge is -2.14. The Bertz CT molecular complexity index is 434. The van der Waals surface area contributed by atoms with E-state index < -0.39 is 12.0 Å². The Morgan fingerprint density at radius 1 is 1.42 bits per heavy atom. The Hall–Kier alpha value is -1.85. The lowest BCUT2D eigenvalue weighted by atomic mass is 10.1. The zero-order chi connectivity index (χ0) is 14.4. The highest BCUT2D eigenvalue weighted by Crippen LogP contribution is 2.14. The van der Waals surface area contributed by atoms with Crippen molar-refractivity contribution in [2.45, 2.75) is 46.1 Å². The Morgan fingerprint density at radius 3 is 2.58 bits per heavy atom. The molecule has 0 aliphatic rings. The first-order chi connectivity index (χ1) is 8.99. The van der Waals surface area contributed by atoms with Crippen molar-refractivity contribution in [1.82, 2.24) is 10.5 Å². The van der Waals surface area contributed by atoms with E-state index in [4.69, 9.17) is 4.52 Å². The second-order valence-electron chi connectivity index (χ2n) is 4.35. The number of esters is 1. The minimum absolute atomic E-state index is 0.183. The van der Waals surface area contributed by atoms with Gasteiger partial charge in [-0.15, -0.1) is 0 Å². The van der Waals surface area contributed by atoms with E-state index >= 15 is 0 Å². The fourth-order valence-corrected chi connectivity index (χ4v) is 1.83. The Balaban J connectivity index is 2.50. The maximum atomic E-state index is 11.8. The summed E-state index contributed by atoms with van der Waals surface area (Å²) in [7, 11) is 1.31. The lowest BCUT2D eigenvalue weighted by Crippen LogP contribution is -2.41. The molecule has 1 aromatic rings. The standard InChI is InChI=1S/C13H20N2O4/c1-5-11(13(17)18-4)14-12(16)7-6-10-8(2)15-19-9(10)3/h11H,5-7H2,1-4H3,(H,14,16). The van der Waals surface area contributed by atoms with Crippen molar-refractivity contribution in [2.75, 3.05) is 7.11 Å². The first-order valence-corrected chi connectivity index (χ1v) is 6.28. The molecule has 0 bridgehead atoms. The zero-order valence-electron chi connectivity index (χ0n) is 11.8. The summed E-state index contributed by atoms with van der Waals surface area (Å²) in [5.74, 6) is 0.121. The van der Waals surface area contributed by atoms with Crippen molar-refractivity contribution in [3.63, 3.8) is 0 Å². The highest BCUT2D eigenvalue weighted by molar-refractivity contribution is 5.84. The lowest BCUT2D eigenvalue weighted by molar-refractivity contribution is -0.145. The van der Waals surface area contributed by atoms with Crippen LogP contribution in [0.15, 0.2) is 4.52 Å². The molecule has 0 saturated carbocycles. The first kappa shape index (κ1) is 15.2. The van der Waals surface area contributed by atoms with E-state index in [0.29, 0.717) is 12.8 Å². The van der Waals surface area contributed by atoms with Gasteiger partial charge in [0.15, 0.2) is 0 Å². The van der Waals surface area contributed by atoms with E-state index in [1.807, 2.05) is 20.8 Å². The van der Waals surface area contributed by atoms with E-state index in [1.54, 1.807) is 0 Å². The zero-order valence-corrected chi connectivity index (χ0v) is 11.8. The number of hydrogen-bond donors (Lipinski definition) is 1. The number of ether oxygens (including phenoxy) is 1. The maximum Gasteiger partial charge on any atom is 0.328 e. The molecular weight excluding hydrogens is 248 g/mol. The molecule has 6 nitrogen and oxygen atoms in total. The summed E-state index contributed by atoms with van der Waals surface area (Å²) < 4.78 is 9.64. The molecular formula is C13H20N2O4. The monoisotopic (exact) mass is 268 g/mol. The van der Waals surface area contributed by atoms with Gasteiger partial charge in [0.05, 0.1) is 12.8 Å². The molecule has 1 aromatic heterocycles. The van der Waals surface area contributed by atoms with E-state index in [1.165, 1.54) is 7.11 Å². The van der Waals surface area contributed by atoms with Crippen LogP contribution >= 0.6 is 0 Å². The molecule has 0 aromatic carbocycles. The molecule has 1 amide bonds. The Morgan fingerprint density at radius 2 is 2.11 bits per heavy atom. The van der Waals surface area contributed by atoms with Crippen LogP contribution in [0.25, 0.3) is 0 Å². The number of aromatic nitrogens is 1. The topological polar surface area (TPSA) is 81.4 Å². The number of amides is 1. The predicted molar refractivity (Wildman–Crippen MR) is 68.5 cm³/mol. The average Bonchev–Trinajstić information content (AvgIpc) is 2.72. The van der Waals surface area contributed by atoms with Crippen molar-refractivity contribution in [3.8, 4) is 0 Å². The van der Waals surface area contributed by atoms with Gasteiger partial charge in [-0.1, -0.05) is 12.1 Å². The van der Waals surface area contributed by atoms with Gasteiger partial charge in [-0.3, -0.25) is 4.79 Å². The smallest absolute Gasteiger partial charge is 0.328 e. The number of carbonyl (C=O) groups is 2. The molecule has 106 valence electrons. The number of methoxy groups -OCH3 is 1. The number of nitrogens with one attached hydrogen (secondary N) is 1. The third-order valence-electron chi connectivity index (χ3n) is 3.01. The van der Waals surface area contributed by atoms with E-state index in [2.05, 4.69) is 15.2 Å². The summed E-state index contributed by atoms with van der Waals surface area (Å²) in [5.41, 5.74) is 1.74. The van der Waals surface area contributed by atoms with Crippen LogP contribution in [0, 0.1) is 13.8 Å². The van der Waals surface area contributed by atoms with Gasteiger partial charge in [-0.05, 0) is 26.7 Å². The van der Waals surface area contributed by atoms with Crippen LogP contribution in [0.5, 0.6) is 0 Å². The summed E-state index contributed by atoms with van der Waals surface area (Å²) in [6.45, 7) is 5.47. The first-order valence-electron chi connectivity index (χ1n) is 6.28. The summed E-state index contributed by atoms with van der Waals surface area (Å²) >= 11 is 0. The van der Waals surface area contributed by atoms with Crippen LogP contribution < -0.4 is 5.32 Å². The second-order valence-corrected chi connectivity index (χ2v) is 4.35. The van der Waals surface area contributed by atoms with E-state index in [-0.39, 0.29) is 12.3 Å². The number of aryl methyl sites for hydroxylation is 2. The second kappa shape index (κ2) is 6.92. The van der Waals surface area contributed by atoms with Crippen molar-refractivity contribution in [2.24, 2.45) is 0 Å². The van der Waals surface area contributed by atoms with Gasteiger partial charge >= 0.3 is 5.97 Å². The SMILES string of the molecule is CCC(NC(=O)CCc1c(C)noc1C)C(=O)OC. The molecule has 0 saturated heterocycles. The highest BCUT2D eigenvalue weighted by atomic mass is 16.5. The fourth-order valence-electron chi connectivity index (χ4n) is 1.83. The van der Waals surface area contributed by atoms with Gasteiger partial charge in [0.25, 0.3) is 0 Å². The minimum atomic E-state index is -0.581. The summed E-state index contributed by atoms with van der Waals surface area (Å²) in [5, 5.41) is 6.49. The van der Waals surface area contributed by atoms with Crippen LogP contribution in [-0.4, -0.2) is 30.2 Å². The molecule has 0 aliphatic carbocycles. The van der Waals surface area contributed by atoms with Gasteiger partial charge in [-0.25, -0.2) is 4.79 Å². The average molecular weight is 268 g/mol. The van der Waals surface area contributed by atoms with Crippen LogP contribution in [0.1, 0.15) is 36.8 Å². The predicted octanol–water partition coefficient (Wildman–Crippen LogP) is 1.29. The minimum Gasteiger partial charge on any atom is -0.467 e. The van der Waals surface area contributed by atoms with Gasteiger partial charge in [-0.2, -0.15) is 0 Å². The van der Waals surface area contributed by atoms with Gasteiger partial charge in [0, 0.05) is 12.0 Å². The molecule has 1 rings (SSSR count). The molecule has 0 aliphatic heterocycles. The molecule has 1 atom stereocenters. The van der Waals surface area contributed by atoms with Crippen molar-refractivity contribution in [1.29, 1.82) is 0 Å². The van der Waals surface area contributed by atoms with Crippen molar-refractivity contribution >= 4 is 11.9 Å². The van der Waals surface area contributed by atoms with Gasteiger partial charge in [0.1, 0.15) is 11.8 Å².